The fourth-order valence-corrected chi connectivity index (χ4v) is 5.16. The number of ether oxygens (including phenoxy) is 1. The smallest absolute Gasteiger partial charge is 0.410 e. The largest absolute Gasteiger partial charge is 0.448 e. The van der Waals surface area contributed by atoms with Gasteiger partial charge in [-0.1, -0.05) is 48.5 Å². The van der Waals surface area contributed by atoms with E-state index in [-0.39, 0.29) is 18.3 Å². The first-order valence-corrected chi connectivity index (χ1v) is 11.5. The van der Waals surface area contributed by atoms with Gasteiger partial charge in [0.25, 0.3) is 0 Å². The van der Waals surface area contributed by atoms with Gasteiger partial charge < -0.3 is 9.64 Å². The van der Waals surface area contributed by atoms with Gasteiger partial charge in [0, 0.05) is 23.2 Å². The summed E-state index contributed by atoms with van der Waals surface area (Å²) in [7, 11) is 1.62. The van der Waals surface area contributed by atoms with Crippen molar-refractivity contribution in [1.29, 1.82) is 0 Å². The maximum atomic E-state index is 13.0. The Bertz CT molecular complexity index is 1280. The molecule has 0 aliphatic heterocycles. The Morgan fingerprint density at radius 2 is 1.62 bits per heavy atom. The third-order valence-electron chi connectivity index (χ3n) is 6.32. The van der Waals surface area contributed by atoms with Crippen LogP contribution in [0, 0.1) is 0 Å². The highest BCUT2D eigenvalue weighted by molar-refractivity contribution is 7.17. The summed E-state index contributed by atoms with van der Waals surface area (Å²) in [5.41, 5.74) is 5.30. The number of carbonyl (C=O) groups is 2. The molecule has 4 aromatic rings. The number of rotatable bonds is 5. The molecule has 0 radical (unpaired) electrons. The molecule has 4 nitrogen and oxygen atoms in total. The number of nitrogens with zero attached hydrogens (tertiary/aromatic N) is 1. The fourth-order valence-electron chi connectivity index (χ4n) is 4.39. The van der Waals surface area contributed by atoms with E-state index in [9.17, 15) is 9.59 Å². The summed E-state index contributed by atoms with van der Waals surface area (Å²) in [5.74, 6) is -0.110. The third-order valence-corrected chi connectivity index (χ3v) is 7.22. The van der Waals surface area contributed by atoms with E-state index in [1.165, 1.54) is 16.0 Å². The van der Waals surface area contributed by atoms with E-state index < -0.39 is 12.1 Å². The number of thiophene rings is 1. The van der Waals surface area contributed by atoms with Gasteiger partial charge in [0.05, 0.1) is 6.04 Å². The molecule has 3 aromatic carbocycles. The van der Waals surface area contributed by atoms with Gasteiger partial charge >= 0.3 is 6.09 Å². The van der Waals surface area contributed by atoms with Crippen molar-refractivity contribution in [2.75, 3.05) is 13.7 Å². The number of likely N-dealkylation sites (N-methyl/N-ethyl adjacent to an activating group) is 1. The molecule has 1 amide bonds. The zero-order valence-electron chi connectivity index (χ0n) is 17.9. The maximum Gasteiger partial charge on any atom is 0.410 e. The first-order chi connectivity index (χ1) is 15.5. The molecule has 0 spiro atoms. The number of Topliss-reactive ketones (excluding diaryl/α,β-unsaturated/α-hetero) is 1. The Labute approximate surface area is 191 Å². The van der Waals surface area contributed by atoms with Crippen molar-refractivity contribution in [3.63, 3.8) is 0 Å². The number of fused-ring (bicyclic) bond motifs is 4. The Hall–Kier alpha value is -3.44. The third kappa shape index (κ3) is 3.49. The molecule has 1 unspecified atom stereocenters. The van der Waals surface area contributed by atoms with Gasteiger partial charge in [-0.15, -0.1) is 11.3 Å². The summed E-state index contributed by atoms with van der Waals surface area (Å²) in [6, 6.07) is 23.5. The molecule has 1 aliphatic carbocycles. The summed E-state index contributed by atoms with van der Waals surface area (Å²) >= 11 is 1.64. The molecular weight excluding hydrogens is 418 g/mol. The average Bonchev–Trinajstić information content (AvgIpc) is 3.43. The second-order valence-electron chi connectivity index (χ2n) is 8.13. The van der Waals surface area contributed by atoms with Crippen LogP contribution in [-0.4, -0.2) is 36.5 Å². The summed E-state index contributed by atoms with van der Waals surface area (Å²) in [4.78, 5) is 27.2. The van der Waals surface area contributed by atoms with Crippen LogP contribution >= 0.6 is 11.3 Å². The lowest BCUT2D eigenvalue weighted by Crippen LogP contribution is -2.41. The Balaban J connectivity index is 1.29. The molecule has 1 heterocycles. The van der Waals surface area contributed by atoms with Crippen LogP contribution in [0.1, 0.15) is 34.3 Å². The average molecular weight is 442 g/mol. The van der Waals surface area contributed by atoms with Crippen molar-refractivity contribution in [3.05, 3.63) is 94.9 Å². The van der Waals surface area contributed by atoms with Crippen LogP contribution < -0.4 is 0 Å². The van der Waals surface area contributed by atoms with Crippen molar-refractivity contribution in [2.45, 2.75) is 18.9 Å². The van der Waals surface area contributed by atoms with Gasteiger partial charge in [0.1, 0.15) is 6.61 Å². The summed E-state index contributed by atoms with van der Waals surface area (Å²) in [6.07, 6.45) is -0.496. The highest BCUT2D eigenvalue weighted by Gasteiger charge is 2.30. The van der Waals surface area contributed by atoms with E-state index in [1.807, 2.05) is 53.9 Å². The van der Waals surface area contributed by atoms with Gasteiger partial charge in [-0.2, -0.15) is 0 Å². The van der Waals surface area contributed by atoms with Crippen LogP contribution in [0.2, 0.25) is 0 Å². The summed E-state index contributed by atoms with van der Waals surface area (Å²) in [6.45, 7) is 1.97. The number of carbonyl (C=O) groups excluding carboxylic acids is 2. The van der Waals surface area contributed by atoms with Crippen LogP contribution in [0.3, 0.4) is 0 Å². The van der Waals surface area contributed by atoms with E-state index in [0.717, 1.165) is 21.2 Å². The Morgan fingerprint density at radius 3 is 2.31 bits per heavy atom. The van der Waals surface area contributed by atoms with Gasteiger partial charge in [-0.25, -0.2) is 4.79 Å². The normalized spacial score (nSPS) is 13.4. The number of hydrogen-bond donors (Lipinski definition) is 0. The van der Waals surface area contributed by atoms with Crippen LogP contribution in [0.25, 0.3) is 21.2 Å². The first kappa shape index (κ1) is 20.5. The number of benzene rings is 3. The van der Waals surface area contributed by atoms with E-state index in [2.05, 4.69) is 24.3 Å². The number of ketones is 1. The van der Waals surface area contributed by atoms with Gasteiger partial charge in [0.15, 0.2) is 5.78 Å². The van der Waals surface area contributed by atoms with Crippen LogP contribution in [-0.2, 0) is 4.74 Å². The lowest BCUT2D eigenvalue weighted by molar-refractivity contribution is 0.0755. The van der Waals surface area contributed by atoms with Crippen LogP contribution in [0.5, 0.6) is 0 Å². The highest BCUT2D eigenvalue weighted by Crippen LogP contribution is 2.44. The van der Waals surface area contributed by atoms with E-state index >= 15 is 0 Å². The Morgan fingerprint density at radius 1 is 0.969 bits per heavy atom. The minimum atomic E-state index is -0.623. The topological polar surface area (TPSA) is 46.6 Å². The standard InChI is InChI=1S/C27H23NO3S/c1-17(26(29)19-11-12-25-18(15-19)13-14-32-25)28(2)27(30)31-16-24-22-9-5-3-7-20(22)21-8-4-6-10-23(21)24/h3-15,17,24H,16H2,1-2H3. The predicted molar refractivity (Wildman–Crippen MR) is 128 cm³/mol. The van der Waals surface area contributed by atoms with E-state index in [4.69, 9.17) is 4.74 Å². The molecule has 5 rings (SSSR count). The van der Waals surface area contributed by atoms with Crippen molar-refractivity contribution in [1.82, 2.24) is 4.90 Å². The lowest BCUT2D eigenvalue weighted by Gasteiger charge is -2.24. The van der Waals surface area contributed by atoms with Crippen molar-refractivity contribution < 1.29 is 14.3 Å². The van der Waals surface area contributed by atoms with Gasteiger partial charge in [-0.05, 0) is 64.2 Å². The van der Waals surface area contributed by atoms with Crippen molar-refractivity contribution in [2.24, 2.45) is 0 Å². The SMILES string of the molecule is CC(C(=O)c1ccc2sccc2c1)N(C)C(=O)OCC1c2ccccc2-c2ccccc21. The van der Waals surface area contributed by atoms with Crippen molar-refractivity contribution >= 4 is 33.3 Å². The fraction of sp³-hybridized carbons (Fsp3) is 0.185. The van der Waals surface area contributed by atoms with Crippen LogP contribution in [0.4, 0.5) is 4.79 Å². The first-order valence-electron chi connectivity index (χ1n) is 10.6. The van der Waals surface area contributed by atoms with E-state index in [0.29, 0.717) is 5.56 Å². The zero-order chi connectivity index (χ0) is 22.2. The quantitative estimate of drug-likeness (QED) is 0.339. The highest BCUT2D eigenvalue weighted by atomic mass is 32.1. The molecule has 0 bridgehead atoms. The molecule has 1 aliphatic rings. The second kappa shape index (κ2) is 8.24. The maximum absolute atomic E-state index is 13.0. The van der Waals surface area contributed by atoms with Gasteiger partial charge in [-0.3, -0.25) is 4.79 Å². The summed E-state index contributed by atoms with van der Waals surface area (Å²) in [5, 5.41) is 3.04. The molecule has 0 fully saturated rings. The lowest BCUT2D eigenvalue weighted by atomic mass is 9.98. The molecule has 1 aromatic heterocycles. The molecule has 5 heteroatoms. The predicted octanol–water partition coefficient (Wildman–Crippen LogP) is 6.35. The minimum Gasteiger partial charge on any atom is -0.448 e. The molecule has 0 saturated carbocycles. The van der Waals surface area contributed by atoms with Crippen LogP contribution in [0.15, 0.2) is 78.2 Å². The monoisotopic (exact) mass is 441 g/mol. The molecule has 1 atom stereocenters. The Kier molecular flexibility index (Phi) is 5.27. The molecule has 160 valence electrons. The summed E-state index contributed by atoms with van der Waals surface area (Å²) < 4.78 is 6.84. The van der Waals surface area contributed by atoms with E-state index in [1.54, 1.807) is 25.3 Å². The second-order valence-corrected chi connectivity index (χ2v) is 9.08. The zero-order valence-corrected chi connectivity index (χ0v) is 18.8. The van der Waals surface area contributed by atoms with Gasteiger partial charge in [0.2, 0.25) is 0 Å². The minimum absolute atomic E-state index is 0.00763. The number of amides is 1. The molecule has 0 saturated heterocycles. The molecular formula is C27H23NO3S. The number of hydrogen-bond acceptors (Lipinski definition) is 4. The molecule has 0 N–H and O–H groups in total. The van der Waals surface area contributed by atoms with Crippen molar-refractivity contribution in [3.8, 4) is 11.1 Å². The molecule has 32 heavy (non-hydrogen) atoms.